The number of pyridine rings is 1. The minimum atomic E-state index is 0.266. The third-order valence-electron chi connectivity index (χ3n) is 1.18. The molecule has 0 unspecified atom stereocenters. The minimum Gasteiger partial charge on any atom is -0.788 e. The van der Waals surface area contributed by atoms with Gasteiger partial charge >= 0.3 is 0 Å². The predicted octanol–water partition coefficient (Wildman–Crippen LogP) is 0.172. The van der Waals surface area contributed by atoms with E-state index in [-0.39, 0.29) is 5.65 Å². The second-order valence-electron chi connectivity index (χ2n) is 1.81. The molecule has 0 N–H and O–H groups in total. The van der Waals surface area contributed by atoms with Crippen LogP contribution >= 0.6 is 0 Å². The van der Waals surface area contributed by atoms with E-state index in [2.05, 4.69) is 15.3 Å². The van der Waals surface area contributed by atoms with Gasteiger partial charge in [-0.3, -0.25) is 4.85 Å². The molecular weight excluding hydrogens is 132 g/mol. The molecule has 0 atom stereocenters. The lowest BCUT2D eigenvalue weighted by Crippen LogP contribution is -1.88. The van der Waals surface area contributed by atoms with Gasteiger partial charge in [-0.2, -0.15) is 0 Å². The summed E-state index contributed by atoms with van der Waals surface area (Å²) in [4.78, 5) is 4.16. The van der Waals surface area contributed by atoms with Gasteiger partial charge in [-0.05, 0) is 12.1 Å². The molecule has 0 saturated heterocycles. The first-order valence-corrected chi connectivity index (χ1v) is 2.72. The Kier molecular flexibility index (Phi) is 0.858. The van der Waals surface area contributed by atoms with Crippen molar-refractivity contribution < 1.29 is 0 Å². The van der Waals surface area contributed by atoms with Gasteiger partial charge in [-0.15, -0.1) is 5.10 Å². The van der Waals surface area contributed by atoms with Gasteiger partial charge < -0.3 is 5.21 Å². The largest absolute Gasteiger partial charge is 0.788 e. The van der Waals surface area contributed by atoms with E-state index in [1.54, 1.807) is 12.1 Å². The van der Waals surface area contributed by atoms with Crippen LogP contribution in [-0.4, -0.2) is 20.1 Å². The average molecular weight is 135 g/mol. The standard InChI is InChI=1S/C5H3N4O/c10-9-5-4(7-8-9)2-1-3-6-5/h1-3H/q-1. The Morgan fingerprint density at radius 2 is 2.40 bits per heavy atom. The van der Waals surface area contributed by atoms with Crippen LogP contribution in [0.15, 0.2) is 18.3 Å². The van der Waals surface area contributed by atoms with E-state index in [4.69, 9.17) is 0 Å². The molecule has 50 valence electrons. The van der Waals surface area contributed by atoms with E-state index >= 15 is 0 Å². The van der Waals surface area contributed by atoms with Gasteiger partial charge in [0.25, 0.3) is 0 Å². The van der Waals surface area contributed by atoms with Crippen LogP contribution in [0.1, 0.15) is 0 Å². The number of aromatic nitrogens is 4. The molecule has 0 aliphatic heterocycles. The number of fused-ring (bicyclic) bond motifs is 1. The van der Waals surface area contributed by atoms with Crippen LogP contribution in [0, 0.1) is 5.21 Å². The third-order valence-corrected chi connectivity index (χ3v) is 1.18. The lowest BCUT2D eigenvalue weighted by Gasteiger charge is -1.99. The van der Waals surface area contributed by atoms with Crippen molar-refractivity contribution in [2.24, 2.45) is 0 Å². The lowest BCUT2D eigenvalue weighted by atomic mass is 10.4. The van der Waals surface area contributed by atoms with Crippen LogP contribution in [-0.2, 0) is 0 Å². The van der Waals surface area contributed by atoms with Gasteiger partial charge in [0.15, 0.2) is 5.65 Å². The topological polar surface area (TPSA) is 66.7 Å². The van der Waals surface area contributed by atoms with Crippen molar-refractivity contribution in [2.45, 2.75) is 0 Å². The first kappa shape index (κ1) is 5.16. The quantitative estimate of drug-likeness (QED) is 0.516. The third kappa shape index (κ3) is 0.540. The molecule has 0 aliphatic carbocycles. The molecule has 2 heterocycles. The fraction of sp³-hybridized carbons (Fsp3) is 0. The van der Waals surface area contributed by atoms with Crippen LogP contribution in [0.5, 0.6) is 0 Å². The molecule has 0 aromatic carbocycles. The van der Waals surface area contributed by atoms with Crippen LogP contribution < -0.4 is 0 Å². The van der Waals surface area contributed by atoms with Crippen molar-refractivity contribution in [3.63, 3.8) is 0 Å². The summed E-state index contributed by atoms with van der Waals surface area (Å²) >= 11 is 0. The van der Waals surface area contributed by atoms with Gasteiger partial charge in [0, 0.05) is 6.20 Å². The highest BCUT2D eigenvalue weighted by atomic mass is 16.5. The molecule has 0 saturated carbocycles. The molecule has 5 nitrogen and oxygen atoms in total. The molecule has 0 spiro atoms. The molecule has 10 heavy (non-hydrogen) atoms. The normalized spacial score (nSPS) is 10.4. The molecule has 2 rings (SSSR count). The smallest absolute Gasteiger partial charge is 0.174 e. The van der Waals surface area contributed by atoms with Crippen LogP contribution in [0.4, 0.5) is 0 Å². The summed E-state index contributed by atoms with van der Waals surface area (Å²) in [5, 5.41) is 17.5. The Bertz CT molecular complexity index is 355. The number of nitrogens with zero attached hydrogens (tertiary/aromatic N) is 4. The highest BCUT2D eigenvalue weighted by Crippen LogP contribution is 2.03. The Morgan fingerprint density at radius 1 is 1.50 bits per heavy atom. The maximum atomic E-state index is 10.7. The molecule has 0 aliphatic rings. The summed E-state index contributed by atoms with van der Waals surface area (Å²) < 4.78 is 0. The Morgan fingerprint density at radius 3 is 3.20 bits per heavy atom. The molecule has 2 aromatic rings. The van der Waals surface area contributed by atoms with Gasteiger partial charge in [0.1, 0.15) is 5.52 Å². The highest BCUT2D eigenvalue weighted by molar-refractivity contribution is 5.68. The summed E-state index contributed by atoms with van der Waals surface area (Å²) in [6, 6.07) is 3.39. The van der Waals surface area contributed by atoms with E-state index in [1.807, 2.05) is 0 Å². The van der Waals surface area contributed by atoms with Gasteiger partial charge in [0.2, 0.25) is 0 Å². The molecule has 5 heteroatoms. The zero-order valence-corrected chi connectivity index (χ0v) is 4.93. The maximum Gasteiger partial charge on any atom is 0.174 e. The zero-order chi connectivity index (χ0) is 6.97. The second kappa shape index (κ2) is 1.66. The minimum absolute atomic E-state index is 0.266. The second-order valence-corrected chi connectivity index (χ2v) is 1.81. The van der Waals surface area contributed by atoms with Crippen LogP contribution in [0.25, 0.3) is 11.2 Å². The fourth-order valence-electron chi connectivity index (χ4n) is 0.745. The monoisotopic (exact) mass is 135 g/mol. The maximum absolute atomic E-state index is 10.7. The number of hydrogen-bond donors (Lipinski definition) is 0. The van der Waals surface area contributed by atoms with E-state index in [1.165, 1.54) is 6.20 Å². The SMILES string of the molecule is [O-]n1nnc2cccnc21. The highest BCUT2D eigenvalue weighted by Gasteiger charge is 1.95. The summed E-state index contributed by atoms with van der Waals surface area (Å²) in [6.07, 6.45) is 1.53. The van der Waals surface area contributed by atoms with Crippen LogP contribution in [0.2, 0.25) is 0 Å². The van der Waals surface area contributed by atoms with Gasteiger partial charge in [0.05, 0.1) is 0 Å². The fourth-order valence-corrected chi connectivity index (χ4v) is 0.745. The van der Waals surface area contributed by atoms with Crippen molar-refractivity contribution in [1.29, 1.82) is 0 Å². The van der Waals surface area contributed by atoms with Crippen molar-refractivity contribution in [3.8, 4) is 0 Å². The molecule has 0 radical (unpaired) electrons. The van der Waals surface area contributed by atoms with E-state index in [0.717, 1.165) is 0 Å². The van der Waals surface area contributed by atoms with E-state index in [0.29, 0.717) is 10.4 Å². The van der Waals surface area contributed by atoms with Gasteiger partial charge in [-0.25, -0.2) is 4.98 Å². The Labute approximate surface area is 55.9 Å². The Hall–Kier alpha value is -1.65. The van der Waals surface area contributed by atoms with Crippen molar-refractivity contribution >= 4 is 11.2 Å². The summed E-state index contributed by atoms with van der Waals surface area (Å²) in [5.74, 6) is 0. The molecule has 0 bridgehead atoms. The average Bonchev–Trinajstić information content (AvgIpc) is 2.34. The molecule has 0 amide bonds. The molecular formula is C5H3N4O-. The lowest BCUT2D eigenvalue weighted by molar-refractivity contribution is 0.821. The van der Waals surface area contributed by atoms with Crippen LogP contribution in [0.3, 0.4) is 0 Å². The Balaban J connectivity index is 2.93. The summed E-state index contributed by atoms with van der Waals surface area (Å²) in [5.41, 5.74) is 0.792. The van der Waals surface area contributed by atoms with Crippen molar-refractivity contribution in [1.82, 2.24) is 20.1 Å². The predicted molar refractivity (Wildman–Crippen MR) is 34.1 cm³/mol. The van der Waals surface area contributed by atoms with Crippen molar-refractivity contribution in [3.05, 3.63) is 23.5 Å². The van der Waals surface area contributed by atoms with Crippen molar-refractivity contribution in [2.75, 3.05) is 0 Å². The summed E-state index contributed by atoms with van der Waals surface area (Å²) in [7, 11) is 0. The van der Waals surface area contributed by atoms with Gasteiger partial charge in [-0.1, -0.05) is 5.21 Å². The van der Waals surface area contributed by atoms with E-state index in [9.17, 15) is 5.21 Å². The molecule has 0 fully saturated rings. The first-order valence-electron chi connectivity index (χ1n) is 2.72. The summed E-state index contributed by atoms with van der Waals surface area (Å²) in [6.45, 7) is 0. The molecule has 2 aromatic heterocycles. The zero-order valence-electron chi connectivity index (χ0n) is 4.93. The van der Waals surface area contributed by atoms with E-state index < -0.39 is 0 Å². The number of hydrogen-bond acceptors (Lipinski definition) is 4. The number of rotatable bonds is 0. The first-order chi connectivity index (χ1) is 4.88.